The predicted octanol–water partition coefficient (Wildman–Crippen LogP) is 11.0. The topological polar surface area (TPSA) is 76.0 Å². The molecular weight excluding hydrogens is 495 g/mol. The molecule has 0 aromatic heterocycles. The summed E-state index contributed by atoms with van der Waals surface area (Å²) in [5, 5.41) is 8.64. The first-order valence-electron chi connectivity index (χ1n) is 16.6. The molecule has 0 bridgehead atoms. The van der Waals surface area contributed by atoms with Crippen LogP contribution in [0.15, 0.2) is 0 Å². The Morgan fingerprint density at radius 2 is 0.842 bits per heavy atom. The molecular formula is C32H69O5P. The van der Waals surface area contributed by atoms with Crippen LogP contribution in [-0.4, -0.2) is 29.8 Å². The first-order chi connectivity index (χ1) is 18.4. The van der Waals surface area contributed by atoms with Gasteiger partial charge in [0.2, 0.25) is 0 Å². The first-order valence-corrected chi connectivity index (χ1v) is 18.1. The van der Waals surface area contributed by atoms with Crippen LogP contribution < -0.4 is 0 Å². The Labute approximate surface area is 238 Å². The maximum absolute atomic E-state index is 11.9. The van der Waals surface area contributed by atoms with Gasteiger partial charge in [-0.15, -0.1) is 0 Å². The molecule has 0 saturated carbocycles. The summed E-state index contributed by atoms with van der Waals surface area (Å²) in [6.07, 6.45) is 27.8. The zero-order valence-corrected chi connectivity index (χ0v) is 27.3. The van der Waals surface area contributed by atoms with Crippen molar-refractivity contribution in [3.8, 4) is 0 Å². The van der Waals surface area contributed by atoms with Crippen LogP contribution in [0.2, 0.25) is 0 Å². The number of rotatable bonds is 28. The molecule has 0 heterocycles. The van der Waals surface area contributed by atoms with E-state index in [0.29, 0.717) is 31.7 Å². The summed E-state index contributed by atoms with van der Waals surface area (Å²) >= 11 is 0. The fraction of sp³-hybridized carbons (Fsp3) is 1.00. The van der Waals surface area contributed by atoms with Gasteiger partial charge in [0.1, 0.15) is 0 Å². The van der Waals surface area contributed by atoms with Crippen molar-refractivity contribution in [1.29, 1.82) is 0 Å². The molecule has 0 fully saturated rings. The minimum atomic E-state index is -3.89. The van der Waals surface area contributed by atoms with Crippen LogP contribution in [0.1, 0.15) is 176 Å². The molecule has 0 aromatic rings. The quantitative estimate of drug-likeness (QED) is 0.0730. The summed E-state index contributed by atoms with van der Waals surface area (Å²) in [5.41, 5.74) is 0. The van der Waals surface area contributed by atoms with Gasteiger partial charge in [-0.25, -0.2) is 4.57 Å². The SMILES string of the molecule is CCCCC(CC)COP(=O)(O)OCC(CC)CCCC.CCCCCCCCCCCCCCCCO. The summed E-state index contributed by atoms with van der Waals surface area (Å²) in [6.45, 7) is 11.8. The Bertz CT molecular complexity index is 450. The summed E-state index contributed by atoms with van der Waals surface area (Å²) in [6, 6.07) is 0. The number of phosphoric ester groups is 1. The van der Waals surface area contributed by atoms with Gasteiger partial charge < -0.3 is 10.00 Å². The highest BCUT2D eigenvalue weighted by atomic mass is 31.2. The molecule has 6 heteroatoms. The summed E-state index contributed by atoms with van der Waals surface area (Å²) in [5.74, 6) is 0.687. The van der Waals surface area contributed by atoms with Crippen LogP contribution >= 0.6 is 7.82 Å². The lowest BCUT2D eigenvalue weighted by molar-refractivity contribution is 0.110. The van der Waals surface area contributed by atoms with Crippen molar-refractivity contribution < 1.29 is 23.6 Å². The Hall–Kier alpha value is 0.0700. The van der Waals surface area contributed by atoms with Gasteiger partial charge in [0.25, 0.3) is 0 Å². The second-order valence-electron chi connectivity index (χ2n) is 11.2. The van der Waals surface area contributed by atoms with Crippen LogP contribution in [0.3, 0.4) is 0 Å². The van der Waals surface area contributed by atoms with E-state index in [2.05, 4.69) is 34.6 Å². The van der Waals surface area contributed by atoms with E-state index in [0.717, 1.165) is 57.8 Å². The van der Waals surface area contributed by atoms with Gasteiger partial charge in [0.15, 0.2) is 0 Å². The van der Waals surface area contributed by atoms with E-state index in [1.54, 1.807) is 0 Å². The van der Waals surface area contributed by atoms with E-state index >= 15 is 0 Å². The molecule has 0 aromatic carbocycles. The average molecular weight is 565 g/mol. The van der Waals surface area contributed by atoms with Gasteiger partial charge in [-0.2, -0.15) is 0 Å². The number of aliphatic hydroxyl groups excluding tert-OH is 1. The highest BCUT2D eigenvalue weighted by Crippen LogP contribution is 2.44. The van der Waals surface area contributed by atoms with Crippen LogP contribution in [0.25, 0.3) is 0 Å². The van der Waals surface area contributed by atoms with Gasteiger partial charge >= 0.3 is 7.82 Å². The van der Waals surface area contributed by atoms with E-state index in [1.807, 2.05) is 0 Å². The van der Waals surface area contributed by atoms with E-state index in [1.165, 1.54) is 83.5 Å². The molecule has 2 unspecified atom stereocenters. The minimum Gasteiger partial charge on any atom is -0.396 e. The van der Waals surface area contributed by atoms with Crippen molar-refractivity contribution >= 4 is 7.82 Å². The summed E-state index contributed by atoms with van der Waals surface area (Å²) in [4.78, 5) is 9.77. The third-order valence-corrected chi connectivity index (χ3v) is 8.50. The van der Waals surface area contributed by atoms with Crippen molar-refractivity contribution in [1.82, 2.24) is 0 Å². The standard InChI is InChI=1S/C16H35O4P.C16H34O/c1-5-9-11-15(7-3)13-19-21(17,18)20-14-16(8-4)12-10-6-2;1-2-3-4-5-6-7-8-9-10-11-12-13-14-15-16-17/h15-16H,5-14H2,1-4H3,(H,17,18);17H,2-16H2,1H3. The normalized spacial score (nSPS) is 14.5. The van der Waals surface area contributed by atoms with Crippen LogP contribution in [0.5, 0.6) is 0 Å². The lowest BCUT2D eigenvalue weighted by Gasteiger charge is -2.20. The van der Waals surface area contributed by atoms with Crippen molar-refractivity contribution in [2.24, 2.45) is 11.8 Å². The second-order valence-corrected chi connectivity index (χ2v) is 12.7. The van der Waals surface area contributed by atoms with E-state index < -0.39 is 7.82 Å². The fourth-order valence-corrected chi connectivity index (χ4v) is 5.41. The smallest absolute Gasteiger partial charge is 0.396 e. The third-order valence-electron chi connectivity index (χ3n) is 7.54. The third kappa shape index (κ3) is 30.6. The first kappa shape index (κ1) is 40.2. The summed E-state index contributed by atoms with van der Waals surface area (Å²) in [7, 11) is -3.89. The van der Waals surface area contributed by atoms with Gasteiger partial charge in [0, 0.05) is 6.61 Å². The molecule has 0 aliphatic heterocycles. The Morgan fingerprint density at radius 3 is 1.13 bits per heavy atom. The van der Waals surface area contributed by atoms with Crippen LogP contribution in [0.4, 0.5) is 0 Å². The van der Waals surface area contributed by atoms with Crippen LogP contribution in [0, 0.1) is 11.8 Å². The molecule has 2 atom stereocenters. The fourth-order valence-electron chi connectivity index (χ4n) is 4.54. The Kier molecular flexibility index (Phi) is 33.4. The molecule has 0 rings (SSSR count). The lowest BCUT2D eigenvalue weighted by Crippen LogP contribution is -2.12. The molecule has 0 saturated heterocycles. The van der Waals surface area contributed by atoms with Gasteiger partial charge in [0.05, 0.1) is 13.2 Å². The molecule has 0 aliphatic carbocycles. The number of aliphatic hydroxyl groups is 1. The monoisotopic (exact) mass is 564 g/mol. The van der Waals surface area contributed by atoms with E-state index in [4.69, 9.17) is 14.2 Å². The molecule has 0 aliphatic rings. The minimum absolute atomic E-state index is 0.316. The van der Waals surface area contributed by atoms with E-state index in [9.17, 15) is 9.46 Å². The average Bonchev–Trinajstić information content (AvgIpc) is 2.92. The number of hydrogen-bond acceptors (Lipinski definition) is 4. The predicted molar refractivity (Wildman–Crippen MR) is 166 cm³/mol. The number of hydrogen-bond donors (Lipinski definition) is 2. The number of phosphoric acid groups is 1. The molecule has 5 nitrogen and oxygen atoms in total. The highest BCUT2D eigenvalue weighted by molar-refractivity contribution is 7.47. The molecule has 0 radical (unpaired) electrons. The highest BCUT2D eigenvalue weighted by Gasteiger charge is 2.24. The molecule has 0 amide bonds. The zero-order chi connectivity index (χ0) is 28.7. The summed E-state index contributed by atoms with van der Waals surface area (Å²) < 4.78 is 22.2. The maximum atomic E-state index is 11.9. The Morgan fingerprint density at radius 1 is 0.526 bits per heavy atom. The van der Waals surface area contributed by atoms with Crippen LogP contribution in [-0.2, 0) is 13.6 Å². The zero-order valence-electron chi connectivity index (χ0n) is 26.4. The van der Waals surface area contributed by atoms with Crippen molar-refractivity contribution in [3.63, 3.8) is 0 Å². The molecule has 2 N–H and O–H groups in total. The molecule has 232 valence electrons. The van der Waals surface area contributed by atoms with Crippen molar-refractivity contribution in [2.45, 2.75) is 176 Å². The molecule has 0 spiro atoms. The van der Waals surface area contributed by atoms with Gasteiger partial charge in [-0.05, 0) is 31.1 Å². The largest absolute Gasteiger partial charge is 0.472 e. The number of unbranched alkanes of at least 4 members (excludes halogenated alkanes) is 15. The lowest BCUT2D eigenvalue weighted by atomic mass is 10.0. The van der Waals surface area contributed by atoms with Crippen molar-refractivity contribution in [3.05, 3.63) is 0 Å². The molecule has 38 heavy (non-hydrogen) atoms. The maximum Gasteiger partial charge on any atom is 0.472 e. The van der Waals surface area contributed by atoms with Gasteiger partial charge in [-0.3, -0.25) is 9.05 Å². The van der Waals surface area contributed by atoms with E-state index in [-0.39, 0.29) is 0 Å². The van der Waals surface area contributed by atoms with Crippen molar-refractivity contribution in [2.75, 3.05) is 19.8 Å². The second kappa shape index (κ2) is 31.6. The Balaban J connectivity index is 0. The van der Waals surface area contributed by atoms with Gasteiger partial charge in [-0.1, -0.05) is 157 Å².